The molecule has 41 heavy (non-hydrogen) atoms. The predicted molar refractivity (Wildman–Crippen MR) is 144 cm³/mol. The molecule has 226 valence electrons. The van der Waals surface area contributed by atoms with Gasteiger partial charge in [0.05, 0.1) is 6.10 Å². The minimum absolute atomic E-state index is 0.00426. The Morgan fingerprint density at radius 1 is 1.02 bits per heavy atom. The van der Waals surface area contributed by atoms with Crippen molar-refractivity contribution < 1.29 is 42.9 Å². The second-order valence-corrected chi connectivity index (χ2v) is 15.0. The Morgan fingerprint density at radius 2 is 1.71 bits per heavy atom. The highest BCUT2D eigenvalue weighted by Crippen LogP contribution is 2.71. The fourth-order valence-electron chi connectivity index (χ4n) is 10.8. The fourth-order valence-corrected chi connectivity index (χ4v) is 10.8. The number of aliphatic hydroxyl groups excluding tert-OH is 1. The highest BCUT2D eigenvalue weighted by atomic mass is 19.1. The lowest BCUT2D eigenvalue weighted by Crippen LogP contribution is -2.71. The van der Waals surface area contributed by atoms with Crippen LogP contribution in [-0.4, -0.2) is 57.8 Å². The maximum Gasteiger partial charge on any atom is 0.509 e. The third-order valence-electron chi connectivity index (χ3n) is 13.3. The molecule has 0 spiro atoms. The number of aliphatic carboxylic acids is 1. The van der Waals surface area contributed by atoms with Crippen LogP contribution in [0.15, 0.2) is 23.8 Å². The van der Waals surface area contributed by atoms with Gasteiger partial charge in [-0.25, -0.2) is 18.4 Å². The molecule has 0 radical (unpaired) electrons. The van der Waals surface area contributed by atoms with Crippen LogP contribution in [0.4, 0.5) is 13.6 Å². The number of carbonyl (C=O) groups is 3. The summed E-state index contributed by atoms with van der Waals surface area (Å²) in [7, 11) is 0. The summed E-state index contributed by atoms with van der Waals surface area (Å²) in [6.45, 7) is 11.3. The van der Waals surface area contributed by atoms with Crippen molar-refractivity contribution in [2.75, 3.05) is 0 Å². The van der Waals surface area contributed by atoms with E-state index in [1.54, 1.807) is 13.8 Å². The van der Waals surface area contributed by atoms with E-state index in [9.17, 15) is 24.6 Å². The van der Waals surface area contributed by atoms with Gasteiger partial charge in [-0.1, -0.05) is 40.7 Å². The first-order valence-corrected chi connectivity index (χ1v) is 15.0. The molecule has 2 bridgehead atoms. The zero-order valence-electron chi connectivity index (χ0n) is 24.7. The minimum Gasteiger partial charge on any atom is -0.478 e. The Hall–Kier alpha value is -2.29. The van der Waals surface area contributed by atoms with Crippen LogP contribution < -0.4 is 0 Å². The number of halogens is 2. The molecule has 7 nitrogen and oxygen atoms in total. The number of ether oxygens (including phenoxy) is 2. The van der Waals surface area contributed by atoms with Crippen molar-refractivity contribution in [3.8, 4) is 0 Å². The standard InChI is InChI=1S/C32H42F2O7/c1-15-9-20-21-13-23(33)22-12-18(35)7-8-29(22,5)31(21,34)25(36)14-30(20,6)32(15,26(37)38)41-27(39)40-24-11-17-10-19(16(24)2)28(17,3)4/h7-8,12,15-17,19-21,23-25,36H,9-11,13-14H2,1-6H3,(H,37,38)/t15-,16?,17?,19?,20+,21+,23+,24?,25+,29+,30+,31?,32-/m1/s1. The van der Waals surface area contributed by atoms with E-state index in [2.05, 4.69) is 13.8 Å². The zero-order chi connectivity index (χ0) is 30.1. The number of rotatable bonds is 3. The predicted octanol–water partition coefficient (Wildman–Crippen LogP) is 5.60. The molecule has 6 saturated carbocycles. The van der Waals surface area contributed by atoms with E-state index in [0.717, 1.165) is 12.5 Å². The molecule has 13 atom stereocenters. The number of allylic oxidation sites excluding steroid dienone is 4. The topological polar surface area (TPSA) is 110 Å². The van der Waals surface area contributed by atoms with Crippen LogP contribution in [0.1, 0.15) is 73.6 Å². The molecule has 6 fully saturated rings. The van der Waals surface area contributed by atoms with Crippen molar-refractivity contribution in [1.82, 2.24) is 0 Å². The molecule has 2 N–H and O–H groups in total. The molecule has 0 aromatic heterocycles. The normalized spacial score (nSPS) is 52.8. The number of alkyl halides is 2. The van der Waals surface area contributed by atoms with Gasteiger partial charge in [-0.15, -0.1) is 0 Å². The molecule has 0 saturated heterocycles. The molecule has 9 heteroatoms. The highest BCUT2D eigenvalue weighted by Gasteiger charge is 2.78. The lowest BCUT2D eigenvalue weighted by molar-refractivity contribution is -0.234. The molecule has 0 aromatic carbocycles. The number of carbonyl (C=O) groups excluding carboxylic acids is 2. The summed E-state index contributed by atoms with van der Waals surface area (Å²) < 4.78 is 44.8. The van der Waals surface area contributed by atoms with Crippen molar-refractivity contribution in [1.29, 1.82) is 0 Å². The maximum absolute atomic E-state index is 17.4. The Morgan fingerprint density at radius 3 is 2.32 bits per heavy atom. The number of ketones is 1. The average Bonchev–Trinajstić information content (AvgIpc) is 3.10. The van der Waals surface area contributed by atoms with Gasteiger partial charge in [-0.3, -0.25) is 4.79 Å². The first-order chi connectivity index (χ1) is 18.9. The Bertz CT molecular complexity index is 1260. The molecule has 7 aliphatic carbocycles. The van der Waals surface area contributed by atoms with Gasteiger partial charge in [0, 0.05) is 22.7 Å². The summed E-state index contributed by atoms with van der Waals surface area (Å²) in [4.78, 5) is 38.6. The van der Waals surface area contributed by atoms with E-state index in [-0.39, 0.29) is 36.2 Å². The third kappa shape index (κ3) is 3.36. The highest BCUT2D eigenvalue weighted by molar-refractivity contribution is 6.01. The van der Waals surface area contributed by atoms with Gasteiger partial charge in [-0.2, -0.15) is 0 Å². The number of hydrogen-bond acceptors (Lipinski definition) is 6. The summed E-state index contributed by atoms with van der Waals surface area (Å²) in [6, 6.07) is 0. The minimum atomic E-state index is -2.34. The fraction of sp³-hybridized carbons (Fsp3) is 0.781. The van der Waals surface area contributed by atoms with Crippen molar-refractivity contribution in [2.45, 2.75) is 103 Å². The van der Waals surface area contributed by atoms with Crippen molar-refractivity contribution in [2.24, 2.45) is 51.8 Å². The Kier molecular flexibility index (Phi) is 6.07. The van der Waals surface area contributed by atoms with Crippen LogP contribution in [0.5, 0.6) is 0 Å². The smallest absolute Gasteiger partial charge is 0.478 e. The molecular weight excluding hydrogens is 534 g/mol. The monoisotopic (exact) mass is 576 g/mol. The summed E-state index contributed by atoms with van der Waals surface area (Å²) in [5.74, 6) is -3.43. The van der Waals surface area contributed by atoms with Gasteiger partial charge >= 0.3 is 12.1 Å². The van der Waals surface area contributed by atoms with Crippen LogP contribution in [0.25, 0.3) is 0 Å². The summed E-state index contributed by atoms with van der Waals surface area (Å²) in [5, 5.41) is 22.2. The summed E-state index contributed by atoms with van der Waals surface area (Å²) in [5.41, 5.74) is -7.24. The number of aliphatic hydroxyl groups is 1. The van der Waals surface area contributed by atoms with E-state index in [1.165, 1.54) is 19.1 Å². The molecule has 0 aromatic rings. The van der Waals surface area contributed by atoms with Crippen molar-refractivity contribution in [3.63, 3.8) is 0 Å². The van der Waals surface area contributed by atoms with E-state index in [1.807, 2.05) is 6.92 Å². The quantitative estimate of drug-likeness (QED) is 0.421. The average molecular weight is 577 g/mol. The largest absolute Gasteiger partial charge is 0.509 e. The van der Waals surface area contributed by atoms with Gasteiger partial charge in [0.25, 0.3) is 0 Å². The van der Waals surface area contributed by atoms with Crippen molar-refractivity contribution in [3.05, 3.63) is 23.8 Å². The zero-order valence-corrected chi connectivity index (χ0v) is 24.7. The lowest BCUT2D eigenvalue weighted by atomic mass is 9.44. The van der Waals surface area contributed by atoms with Crippen LogP contribution >= 0.6 is 0 Å². The number of fused-ring (bicyclic) bond motifs is 7. The van der Waals surface area contributed by atoms with E-state index in [4.69, 9.17) is 9.47 Å². The first kappa shape index (κ1) is 28.8. The van der Waals surface area contributed by atoms with Gasteiger partial charge < -0.3 is 19.7 Å². The summed E-state index contributed by atoms with van der Waals surface area (Å²) >= 11 is 0. The van der Waals surface area contributed by atoms with Gasteiger partial charge in [-0.05, 0) is 85.8 Å². The van der Waals surface area contributed by atoms with E-state index >= 15 is 8.78 Å². The number of carboxylic acid groups (broad SMARTS) is 1. The van der Waals surface area contributed by atoms with Gasteiger partial charge in [0.15, 0.2) is 11.5 Å². The van der Waals surface area contributed by atoms with Crippen LogP contribution in [0.3, 0.4) is 0 Å². The van der Waals surface area contributed by atoms with Gasteiger partial charge in [0.1, 0.15) is 12.3 Å². The number of hydrogen-bond donors (Lipinski definition) is 2. The maximum atomic E-state index is 17.4. The van der Waals surface area contributed by atoms with Crippen LogP contribution in [0.2, 0.25) is 0 Å². The molecule has 7 rings (SSSR count). The Labute approximate surface area is 239 Å². The molecule has 0 aliphatic heterocycles. The second kappa shape index (κ2) is 8.64. The third-order valence-corrected chi connectivity index (χ3v) is 13.3. The molecule has 0 amide bonds. The van der Waals surface area contributed by atoms with Gasteiger partial charge in [0.2, 0.25) is 5.60 Å². The SMILES string of the molecule is CC1C(OC(=O)O[C@@]2(C(=O)O)[C@H](C)C[C@H]3[C@@H]4C[C@H](F)C5=CC(=O)C=C[C@]5(C)C4(F)[C@@H](O)C[C@@]32C)CC2CC1C2(C)C. The van der Waals surface area contributed by atoms with E-state index < -0.39 is 76.1 Å². The second-order valence-electron chi connectivity index (χ2n) is 15.0. The summed E-state index contributed by atoms with van der Waals surface area (Å²) in [6.07, 6.45) is 0.208. The first-order valence-electron chi connectivity index (χ1n) is 15.0. The van der Waals surface area contributed by atoms with E-state index in [0.29, 0.717) is 18.3 Å². The lowest BCUT2D eigenvalue weighted by Gasteiger charge is -2.63. The number of carboxylic acids is 1. The van der Waals surface area contributed by atoms with Crippen LogP contribution in [-0.2, 0) is 19.1 Å². The molecular formula is C32H42F2O7. The van der Waals surface area contributed by atoms with Crippen LogP contribution in [0, 0.1) is 51.8 Å². The Balaban J connectivity index is 1.32. The molecule has 0 heterocycles. The van der Waals surface area contributed by atoms with Crippen molar-refractivity contribution >= 4 is 17.9 Å². The molecule has 5 unspecified atom stereocenters. The molecule has 7 aliphatic rings.